The lowest BCUT2D eigenvalue weighted by molar-refractivity contribution is -0.0159. The highest BCUT2D eigenvalue weighted by Gasteiger charge is 2.39. The van der Waals surface area contributed by atoms with Gasteiger partial charge in [-0.1, -0.05) is 62.9 Å². The van der Waals surface area contributed by atoms with E-state index >= 15 is 0 Å². The third-order valence-corrected chi connectivity index (χ3v) is 6.09. The van der Waals surface area contributed by atoms with Gasteiger partial charge in [-0.05, 0) is 24.8 Å². The van der Waals surface area contributed by atoms with E-state index in [1.807, 2.05) is 0 Å². The van der Waals surface area contributed by atoms with Crippen LogP contribution >= 0.6 is 0 Å². The molecule has 2 atom stereocenters. The molecule has 2 unspecified atom stereocenters. The molecule has 1 saturated heterocycles. The summed E-state index contributed by atoms with van der Waals surface area (Å²) in [6, 6.07) is 11.3. The number of piperazine rings is 1. The van der Waals surface area contributed by atoms with Crippen LogP contribution in [0.3, 0.4) is 0 Å². The molecule has 1 aromatic rings. The normalized spacial score (nSPS) is 26.7. The zero-order valence-electron chi connectivity index (χ0n) is 15.2. The molecule has 24 heavy (non-hydrogen) atoms. The summed E-state index contributed by atoms with van der Waals surface area (Å²) in [5, 5.41) is 15.2. The average Bonchev–Trinajstić information content (AvgIpc) is 2.86. The molecule has 0 radical (unpaired) electrons. The summed E-state index contributed by atoms with van der Waals surface area (Å²) in [7, 11) is 0. The Kier molecular flexibility index (Phi) is 6.31. The van der Waals surface area contributed by atoms with Gasteiger partial charge in [-0.2, -0.15) is 0 Å². The minimum absolute atomic E-state index is 0.229. The lowest BCUT2D eigenvalue weighted by Gasteiger charge is -2.41. The lowest BCUT2D eigenvalue weighted by Crippen LogP contribution is -2.53. The molecule has 1 heterocycles. The summed E-state index contributed by atoms with van der Waals surface area (Å²) in [4.78, 5) is 2.57. The standard InChI is InChI=1S/C21H34N2O/c1-2-19-16-23(15-14-22-19)17-20(18-10-6-5-7-11-18)21(24)12-8-3-4-9-13-21/h5-7,10-11,19-20,22,24H,2-4,8-9,12-17H2,1H3. The van der Waals surface area contributed by atoms with Gasteiger partial charge < -0.3 is 10.4 Å². The summed E-state index contributed by atoms with van der Waals surface area (Å²) in [6.45, 7) is 6.51. The topological polar surface area (TPSA) is 35.5 Å². The highest BCUT2D eigenvalue weighted by atomic mass is 16.3. The van der Waals surface area contributed by atoms with Crippen LogP contribution in [-0.2, 0) is 0 Å². The van der Waals surface area contributed by atoms with Gasteiger partial charge in [0.1, 0.15) is 0 Å². The van der Waals surface area contributed by atoms with Gasteiger partial charge in [0, 0.05) is 38.1 Å². The molecule has 2 fully saturated rings. The second-order valence-corrected chi connectivity index (χ2v) is 7.80. The van der Waals surface area contributed by atoms with Crippen molar-refractivity contribution in [2.75, 3.05) is 26.2 Å². The Morgan fingerprint density at radius 2 is 1.88 bits per heavy atom. The van der Waals surface area contributed by atoms with Crippen molar-refractivity contribution in [3.63, 3.8) is 0 Å². The van der Waals surface area contributed by atoms with Crippen molar-refractivity contribution in [2.45, 2.75) is 69.4 Å². The zero-order valence-corrected chi connectivity index (χ0v) is 15.2. The Morgan fingerprint density at radius 3 is 2.54 bits per heavy atom. The number of nitrogens with one attached hydrogen (secondary N) is 1. The van der Waals surface area contributed by atoms with Crippen LogP contribution in [0.1, 0.15) is 63.4 Å². The Morgan fingerprint density at radius 1 is 1.17 bits per heavy atom. The first kappa shape index (κ1) is 17.9. The quantitative estimate of drug-likeness (QED) is 0.811. The number of hydrogen-bond acceptors (Lipinski definition) is 3. The Hall–Kier alpha value is -0.900. The summed E-state index contributed by atoms with van der Waals surface area (Å²) in [5.41, 5.74) is 0.776. The van der Waals surface area contributed by atoms with Gasteiger partial charge in [-0.15, -0.1) is 0 Å². The van der Waals surface area contributed by atoms with Gasteiger partial charge >= 0.3 is 0 Å². The van der Waals surface area contributed by atoms with Crippen LogP contribution in [0.15, 0.2) is 30.3 Å². The minimum atomic E-state index is -0.537. The molecular formula is C21H34N2O. The fraction of sp³-hybridized carbons (Fsp3) is 0.714. The lowest BCUT2D eigenvalue weighted by atomic mass is 9.76. The number of benzene rings is 1. The first-order chi connectivity index (χ1) is 11.7. The van der Waals surface area contributed by atoms with E-state index in [9.17, 15) is 5.11 Å². The van der Waals surface area contributed by atoms with E-state index in [0.29, 0.717) is 6.04 Å². The summed E-state index contributed by atoms with van der Waals surface area (Å²) < 4.78 is 0. The first-order valence-electron chi connectivity index (χ1n) is 9.94. The zero-order chi connectivity index (χ0) is 16.8. The molecule has 2 aliphatic rings. The number of hydrogen-bond donors (Lipinski definition) is 2. The molecule has 1 saturated carbocycles. The molecular weight excluding hydrogens is 296 g/mol. The van der Waals surface area contributed by atoms with E-state index in [-0.39, 0.29) is 5.92 Å². The minimum Gasteiger partial charge on any atom is -0.389 e. The third-order valence-electron chi connectivity index (χ3n) is 6.09. The number of nitrogens with zero attached hydrogens (tertiary/aromatic N) is 1. The van der Waals surface area contributed by atoms with Gasteiger partial charge in [0.05, 0.1) is 5.60 Å². The fourth-order valence-corrected chi connectivity index (χ4v) is 4.55. The summed E-state index contributed by atoms with van der Waals surface area (Å²) in [5.74, 6) is 0.229. The van der Waals surface area contributed by atoms with Crippen LogP contribution in [0.2, 0.25) is 0 Å². The van der Waals surface area contributed by atoms with Crippen molar-refractivity contribution in [2.24, 2.45) is 0 Å². The predicted molar refractivity (Wildman–Crippen MR) is 100 cm³/mol. The van der Waals surface area contributed by atoms with E-state index in [2.05, 4.69) is 47.5 Å². The Labute approximate surface area is 147 Å². The SMILES string of the molecule is CCC1CN(CC(c2ccccc2)C2(O)CCCCCC2)CCN1. The van der Waals surface area contributed by atoms with Crippen LogP contribution in [0.4, 0.5) is 0 Å². The first-order valence-corrected chi connectivity index (χ1v) is 9.94. The monoisotopic (exact) mass is 330 g/mol. The largest absolute Gasteiger partial charge is 0.389 e. The molecule has 0 bridgehead atoms. The van der Waals surface area contributed by atoms with Crippen molar-refractivity contribution >= 4 is 0 Å². The van der Waals surface area contributed by atoms with Crippen LogP contribution in [0, 0.1) is 0 Å². The maximum atomic E-state index is 11.6. The Balaban J connectivity index is 1.79. The van der Waals surface area contributed by atoms with Crippen LogP contribution < -0.4 is 5.32 Å². The highest BCUT2D eigenvalue weighted by molar-refractivity contribution is 5.24. The van der Waals surface area contributed by atoms with Gasteiger partial charge in [-0.25, -0.2) is 0 Å². The fourth-order valence-electron chi connectivity index (χ4n) is 4.55. The molecule has 1 aliphatic carbocycles. The second-order valence-electron chi connectivity index (χ2n) is 7.80. The molecule has 0 amide bonds. The van der Waals surface area contributed by atoms with Gasteiger partial charge in [0.25, 0.3) is 0 Å². The predicted octanol–water partition coefficient (Wildman–Crippen LogP) is 3.54. The van der Waals surface area contributed by atoms with Crippen LogP contribution in [0.25, 0.3) is 0 Å². The Bertz CT molecular complexity index is 482. The average molecular weight is 331 g/mol. The second kappa shape index (κ2) is 8.46. The van der Waals surface area contributed by atoms with Crippen LogP contribution in [0.5, 0.6) is 0 Å². The molecule has 1 aliphatic heterocycles. The van der Waals surface area contributed by atoms with Crippen molar-refractivity contribution in [3.05, 3.63) is 35.9 Å². The number of aliphatic hydroxyl groups is 1. The summed E-state index contributed by atoms with van der Waals surface area (Å²) in [6.07, 6.45) is 7.96. The van der Waals surface area contributed by atoms with Crippen molar-refractivity contribution in [1.29, 1.82) is 0 Å². The van der Waals surface area contributed by atoms with E-state index in [1.165, 1.54) is 37.7 Å². The van der Waals surface area contributed by atoms with E-state index in [0.717, 1.165) is 39.0 Å². The van der Waals surface area contributed by atoms with Crippen LogP contribution in [-0.4, -0.2) is 47.8 Å². The van der Waals surface area contributed by atoms with Crippen molar-refractivity contribution in [1.82, 2.24) is 10.2 Å². The molecule has 0 spiro atoms. The van der Waals surface area contributed by atoms with Gasteiger partial charge in [-0.3, -0.25) is 4.90 Å². The van der Waals surface area contributed by atoms with Gasteiger partial charge in [0.2, 0.25) is 0 Å². The molecule has 1 aromatic carbocycles. The smallest absolute Gasteiger partial charge is 0.0728 e. The third kappa shape index (κ3) is 4.38. The molecule has 0 aromatic heterocycles. The highest BCUT2D eigenvalue weighted by Crippen LogP contribution is 2.39. The van der Waals surface area contributed by atoms with E-state index < -0.39 is 5.60 Å². The van der Waals surface area contributed by atoms with Crippen molar-refractivity contribution < 1.29 is 5.11 Å². The number of rotatable bonds is 5. The van der Waals surface area contributed by atoms with Crippen molar-refractivity contribution in [3.8, 4) is 0 Å². The molecule has 3 rings (SSSR count). The van der Waals surface area contributed by atoms with Gasteiger partial charge in [0.15, 0.2) is 0 Å². The van der Waals surface area contributed by atoms with E-state index in [1.54, 1.807) is 0 Å². The van der Waals surface area contributed by atoms with E-state index in [4.69, 9.17) is 0 Å². The maximum absolute atomic E-state index is 11.6. The molecule has 3 nitrogen and oxygen atoms in total. The maximum Gasteiger partial charge on any atom is 0.0728 e. The molecule has 2 N–H and O–H groups in total. The molecule has 134 valence electrons. The molecule has 3 heteroatoms. The summed E-state index contributed by atoms with van der Waals surface area (Å²) >= 11 is 0.